The van der Waals surface area contributed by atoms with Crippen LogP contribution in [0.1, 0.15) is 27.2 Å². The molecule has 28 heavy (non-hydrogen) atoms. The van der Waals surface area contributed by atoms with Gasteiger partial charge in [-0.3, -0.25) is 4.79 Å². The third-order valence-electron chi connectivity index (χ3n) is 5.39. The van der Waals surface area contributed by atoms with Crippen LogP contribution in [0.3, 0.4) is 0 Å². The Labute approximate surface area is 166 Å². The van der Waals surface area contributed by atoms with E-state index in [0.29, 0.717) is 25.3 Å². The van der Waals surface area contributed by atoms with Crippen molar-refractivity contribution in [2.24, 2.45) is 0 Å². The summed E-state index contributed by atoms with van der Waals surface area (Å²) in [7, 11) is 0. The van der Waals surface area contributed by atoms with Crippen LogP contribution in [0.25, 0.3) is 10.2 Å². The number of halogens is 1. The highest BCUT2D eigenvalue weighted by Gasteiger charge is 2.25. The highest BCUT2D eigenvalue weighted by Crippen LogP contribution is 2.28. The molecule has 3 nitrogen and oxygen atoms in total. The van der Waals surface area contributed by atoms with Crippen LogP contribution in [0.2, 0.25) is 0 Å². The molecule has 0 atom stereocenters. The number of hydrogen-bond donors (Lipinski definition) is 0. The Morgan fingerprint density at radius 3 is 2.75 bits per heavy atom. The van der Waals surface area contributed by atoms with E-state index in [-0.39, 0.29) is 11.7 Å². The van der Waals surface area contributed by atoms with Crippen molar-refractivity contribution >= 4 is 27.5 Å². The summed E-state index contributed by atoms with van der Waals surface area (Å²) in [6, 6.07) is 18.9. The molecule has 1 amide bonds. The van der Waals surface area contributed by atoms with Gasteiger partial charge in [0, 0.05) is 19.6 Å². The molecule has 5 heteroatoms. The third kappa shape index (κ3) is 3.02. The predicted octanol–water partition coefficient (Wildman–Crippen LogP) is 5.09. The van der Waals surface area contributed by atoms with Crippen LogP contribution >= 0.6 is 11.3 Å². The number of rotatable bonds is 3. The number of thiophene rings is 1. The Balaban J connectivity index is 1.50. The molecule has 0 N–H and O–H groups in total. The van der Waals surface area contributed by atoms with E-state index >= 15 is 0 Å². The maximum Gasteiger partial charge on any atom is 0.270 e. The average molecular weight is 390 g/mol. The monoisotopic (exact) mass is 390 g/mol. The standard InChI is InChI=1S/C23H19FN2OS/c24-19-7-3-4-16(12-19)14-26-20-9-11-28-22(20)13-21(26)23(27)25-10-8-17-5-1-2-6-18(17)15-25/h1-7,9,11-13H,8,10,14-15H2. The second-order valence-corrected chi connectivity index (χ2v) is 8.11. The molecule has 0 unspecified atom stereocenters. The van der Waals surface area contributed by atoms with E-state index in [1.807, 2.05) is 39.1 Å². The first-order chi connectivity index (χ1) is 13.7. The first-order valence-corrected chi connectivity index (χ1v) is 10.2. The van der Waals surface area contributed by atoms with Gasteiger partial charge in [-0.05, 0) is 52.8 Å². The van der Waals surface area contributed by atoms with E-state index in [1.165, 1.54) is 23.3 Å². The van der Waals surface area contributed by atoms with Gasteiger partial charge in [-0.2, -0.15) is 0 Å². The van der Waals surface area contributed by atoms with Gasteiger partial charge in [0.2, 0.25) is 0 Å². The quantitative estimate of drug-likeness (QED) is 0.478. The number of carbonyl (C=O) groups excluding carboxylic acids is 1. The molecular formula is C23H19FN2OS. The van der Waals surface area contributed by atoms with Crippen LogP contribution in [0.5, 0.6) is 0 Å². The van der Waals surface area contributed by atoms with Crippen LogP contribution in [-0.2, 0) is 19.5 Å². The van der Waals surface area contributed by atoms with Gasteiger partial charge in [-0.1, -0.05) is 36.4 Å². The zero-order valence-electron chi connectivity index (χ0n) is 15.3. The summed E-state index contributed by atoms with van der Waals surface area (Å²) < 4.78 is 16.8. The highest BCUT2D eigenvalue weighted by atomic mass is 32.1. The largest absolute Gasteiger partial charge is 0.333 e. The van der Waals surface area contributed by atoms with E-state index in [1.54, 1.807) is 17.4 Å². The number of fused-ring (bicyclic) bond motifs is 2. The molecule has 0 bridgehead atoms. The lowest BCUT2D eigenvalue weighted by Crippen LogP contribution is -2.37. The normalized spacial score (nSPS) is 13.7. The first kappa shape index (κ1) is 17.2. The van der Waals surface area contributed by atoms with Crippen LogP contribution < -0.4 is 0 Å². The van der Waals surface area contributed by atoms with Gasteiger partial charge in [0.15, 0.2) is 0 Å². The molecule has 3 heterocycles. The van der Waals surface area contributed by atoms with Gasteiger partial charge in [0.1, 0.15) is 11.5 Å². The van der Waals surface area contributed by atoms with Crippen molar-refractivity contribution < 1.29 is 9.18 Å². The molecule has 0 spiro atoms. The molecule has 0 fully saturated rings. The minimum Gasteiger partial charge on any atom is -0.333 e. The van der Waals surface area contributed by atoms with E-state index < -0.39 is 0 Å². The van der Waals surface area contributed by atoms with Gasteiger partial charge < -0.3 is 9.47 Å². The fourth-order valence-electron chi connectivity index (χ4n) is 3.97. The summed E-state index contributed by atoms with van der Waals surface area (Å²) in [5, 5.41) is 2.03. The van der Waals surface area contributed by atoms with Gasteiger partial charge in [0.25, 0.3) is 5.91 Å². The fourth-order valence-corrected chi connectivity index (χ4v) is 4.80. The maximum absolute atomic E-state index is 13.7. The van der Waals surface area contributed by atoms with Gasteiger partial charge in [-0.25, -0.2) is 4.39 Å². The third-order valence-corrected chi connectivity index (χ3v) is 6.24. The zero-order chi connectivity index (χ0) is 19.1. The molecule has 4 aromatic rings. The summed E-state index contributed by atoms with van der Waals surface area (Å²) in [5.41, 5.74) is 5.08. The van der Waals surface area contributed by atoms with Crippen molar-refractivity contribution in [1.82, 2.24) is 9.47 Å². The molecule has 5 rings (SSSR count). The molecule has 2 aromatic heterocycles. The van der Waals surface area contributed by atoms with Gasteiger partial charge in [0.05, 0.1) is 10.2 Å². The second kappa shape index (κ2) is 6.91. The molecule has 140 valence electrons. The number of benzene rings is 2. The topological polar surface area (TPSA) is 25.2 Å². The van der Waals surface area contributed by atoms with Gasteiger partial charge in [-0.15, -0.1) is 11.3 Å². The molecule has 1 aliphatic heterocycles. The molecule has 0 aliphatic carbocycles. The smallest absolute Gasteiger partial charge is 0.270 e. The second-order valence-electron chi connectivity index (χ2n) is 7.16. The van der Waals surface area contributed by atoms with Crippen LogP contribution in [0.15, 0.2) is 66.0 Å². The lowest BCUT2D eigenvalue weighted by molar-refractivity contribution is 0.0724. The summed E-state index contributed by atoms with van der Waals surface area (Å²) in [5.74, 6) is -0.221. The Morgan fingerprint density at radius 2 is 1.89 bits per heavy atom. The predicted molar refractivity (Wildman–Crippen MR) is 110 cm³/mol. The van der Waals surface area contributed by atoms with E-state index in [9.17, 15) is 9.18 Å². The van der Waals surface area contributed by atoms with Gasteiger partial charge >= 0.3 is 0 Å². The maximum atomic E-state index is 13.7. The summed E-state index contributed by atoms with van der Waals surface area (Å²) in [6.07, 6.45) is 0.876. The molecule has 0 radical (unpaired) electrons. The summed E-state index contributed by atoms with van der Waals surface area (Å²) >= 11 is 1.62. The molecule has 1 aliphatic rings. The lowest BCUT2D eigenvalue weighted by Gasteiger charge is -2.29. The van der Waals surface area contributed by atoms with Crippen molar-refractivity contribution in [2.75, 3.05) is 6.54 Å². The molecule has 2 aromatic carbocycles. The number of carbonyl (C=O) groups is 1. The lowest BCUT2D eigenvalue weighted by atomic mass is 10.00. The number of aromatic nitrogens is 1. The first-order valence-electron chi connectivity index (χ1n) is 9.36. The summed E-state index contributed by atoms with van der Waals surface area (Å²) in [4.78, 5) is 15.3. The van der Waals surface area contributed by atoms with Crippen LogP contribution in [-0.4, -0.2) is 21.9 Å². The Morgan fingerprint density at radius 1 is 1.04 bits per heavy atom. The SMILES string of the molecule is O=C(c1cc2sccc2n1Cc1cccc(F)c1)N1CCc2ccccc2C1. The van der Waals surface area contributed by atoms with Crippen molar-refractivity contribution in [3.8, 4) is 0 Å². The van der Waals surface area contributed by atoms with E-state index in [0.717, 1.165) is 22.2 Å². The number of hydrogen-bond acceptors (Lipinski definition) is 2. The highest BCUT2D eigenvalue weighted by molar-refractivity contribution is 7.17. The minimum atomic E-state index is -0.258. The minimum absolute atomic E-state index is 0.0364. The van der Waals surface area contributed by atoms with Crippen molar-refractivity contribution in [1.29, 1.82) is 0 Å². The van der Waals surface area contributed by atoms with Crippen molar-refractivity contribution in [2.45, 2.75) is 19.5 Å². The van der Waals surface area contributed by atoms with Crippen molar-refractivity contribution in [3.05, 3.63) is 94.2 Å². The Hall–Kier alpha value is -2.92. The van der Waals surface area contributed by atoms with Crippen LogP contribution in [0.4, 0.5) is 4.39 Å². The number of nitrogens with zero attached hydrogens (tertiary/aromatic N) is 2. The molecular weight excluding hydrogens is 371 g/mol. The van der Waals surface area contributed by atoms with E-state index in [4.69, 9.17) is 0 Å². The Bertz CT molecular complexity index is 1180. The molecule has 0 saturated carbocycles. The molecule has 0 saturated heterocycles. The Kier molecular flexibility index (Phi) is 4.24. The summed E-state index contributed by atoms with van der Waals surface area (Å²) in [6.45, 7) is 1.83. The zero-order valence-corrected chi connectivity index (χ0v) is 16.1. The number of amides is 1. The average Bonchev–Trinajstić information content (AvgIpc) is 3.30. The van der Waals surface area contributed by atoms with E-state index in [2.05, 4.69) is 18.2 Å². The van der Waals surface area contributed by atoms with Crippen molar-refractivity contribution in [3.63, 3.8) is 0 Å². The van der Waals surface area contributed by atoms with Crippen LogP contribution in [0, 0.1) is 5.82 Å². The fraction of sp³-hybridized carbons (Fsp3) is 0.174.